The summed E-state index contributed by atoms with van der Waals surface area (Å²) in [7, 11) is 0. The van der Waals surface area contributed by atoms with E-state index in [4.69, 9.17) is 0 Å². The molecule has 2 rings (SSSR count). The zero-order chi connectivity index (χ0) is 13.0. The first-order valence-electron chi connectivity index (χ1n) is 6.68. The lowest BCUT2D eigenvalue weighted by molar-refractivity contribution is 0.141. The lowest BCUT2D eigenvalue weighted by Crippen LogP contribution is -2.28. The van der Waals surface area contributed by atoms with E-state index in [2.05, 4.69) is 26.2 Å². The van der Waals surface area contributed by atoms with Crippen molar-refractivity contribution in [1.29, 1.82) is 0 Å². The number of nitrogens with one attached hydrogen (secondary N) is 1. The van der Waals surface area contributed by atoms with Gasteiger partial charge >= 0.3 is 0 Å². The third-order valence-corrected chi connectivity index (χ3v) is 4.71. The second-order valence-corrected chi connectivity index (χ2v) is 5.99. The van der Waals surface area contributed by atoms with E-state index in [-0.39, 0.29) is 0 Å². The molecule has 0 aromatic carbocycles. The number of halogens is 1. The number of aryl methyl sites for hydroxylation is 1. The van der Waals surface area contributed by atoms with Gasteiger partial charge in [-0.2, -0.15) is 0 Å². The maximum Gasteiger partial charge on any atom is 0.126 e. The molecule has 2 N–H and O–H groups in total. The van der Waals surface area contributed by atoms with Crippen LogP contribution in [0.4, 0.5) is 5.82 Å². The number of pyridine rings is 1. The van der Waals surface area contributed by atoms with Crippen molar-refractivity contribution in [2.75, 3.05) is 18.5 Å². The number of nitrogens with zero attached hydrogens (tertiary/aromatic N) is 1. The van der Waals surface area contributed by atoms with Crippen molar-refractivity contribution in [3.8, 4) is 0 Å². The standard InChI is InChI=1S/C14H21BrN2O/c1-10-13(15)6-7-14(17-10)16-8-11-4-2-3-5-12(11)9-18/h6-7,11-12,18H,2-5,8-9H2,1H3,(H,16,17). The lowest BCUT2D eigenvalue weighted by Gasteiger charge is -2.30. The fourth-order valence-corrected chi connectivity index (χ4v) is 2.89. The van der Waals surface area contributed by atoms with Gasteiger partial charge in [-0.1, -0.05) is 12.8 Å². The Kier molecular flexibility index (Phi) is 5.01. The van der Waals surface area contributed by atoms with Crippen LogP contribution in [0, 0.1) is 18.8 Å². The topological polar surface area (TPSA) is 45.2 Å². The maximum absolute atomic E-state index is 9.39. The van der Waals surface area contributed by atoms with Crippen molar-refractivity contribution < 1.29 is 5.11 Å². The lowest BCUT2D eigenvalue weighted by atomic mass is 9.79. The van der Waals surface area contributed by atoms with Crippen LogP contribution in [0.3, 0.4) is 0 Å². The van der Waals surface area contributed by atoms with Gasteiger partial charge < -0.3 is 10.4 Å². The average molecular weight is 313 g/mol. The minimum Gasteiger partial charge on any atom is -0.396 e. The third-order valence-electron chi connectivity index (χ3n) is 3.87. The van der Waals surface area contributed by atoms with Crippen LogP contribution in [0.25, 0.3) is 0 Å². The second-order valence-electron chi connectivity index (χ2n) is 5.13. The molecule has 1 aromatic rings. The fraction of sp³-hybridized carbons (Fsp3) is 0.643. The van der Waals surface area contributed by atoms with Crippen LogP contribution in [-0.4, -0.2) is 23.2 Å². The Morgan fingerprint density at radius 3 is 2.72 bits per heavy atom. The van der Waals surface area contributed by atoms with Crippen molar-refractivity contribution in [2.24, 2.45) is 11.8 Å². The van der Waals surface area contributed by atoms with Gasteiger partial charge in [0.25, 0.3) is 0 Å². The summed E-state index contributed by atoms with van der Waals surface area (Å²) in [6, 6.07) is 4.02. The van der Waals surface area contributed by atoms with Gasteiger partial charge in [0.1, 0.15) is 5.82 Å². The number of aromatic nitrogens is 1. The Morgan fingerprint density at radius 1 is 1.33 bits per heavy atom. The van der Waals surface area contributed by atoms with Gasteiger partial charge in [0.15, 0.2) is 0 Å². The highest BCUT2D eigenvalue weighted by molar-refractivity contribution is 9.10. The summed E-state index contributed by atoms with van der Waals surface area (Å²) >= 11 is 3.45. The number of aliphatic hydroxyl groups excluding tert-OH is 1. The molecule has 3 nitrogen and oxygen atoms in total. The normalized spacial score (nSPS) is 23.9. The number of hydrogen-bond donors (Lipinski definition) is 2. The number of hydrogen-bond acceptors (Lipinski definition) is 3. The molecule has 0 aliphatic heterocycles. The molecule has 0 saturated heterocycles. The van der Waals surface area contributed by atoms with E-state index in [1.165, 1.54) is 19.3 Å². The van der Waals surface area contributed by atoms with Crippen molar-refractivity contribution in [2.45, 2.75) is 32.6 Å². The molecule has 1 aromatic heterocycles. The van der Waals surface area contributed by atoms with Gasteiger partial charge in [-0.05, 0) is 59.7 Å². The highest BCUT2D eigenvalue weighted by Crippen LogP contribution is 2.29. The molecular weight excluding hydrogens is 292 g/mol. The molecule has 2 atom stereocenters. The summed E-state index contributed by atoms with van der Waals surface area (Å²) < 4.78 is 1.04. The number of anilines is 1. The van der Waals surface area contributed by atoms with Gasteiger partial charge in [-0.15, -0.1) is 0 Å². The first kappa shape index (κ1) is 13.8. The average Bonchev–Trinajstić information content (AvgIpc) is 2.40. The van der Waals surface area contributed by atoms with E-state index >= 15 is 0 Å². The highest BCUT2D eigenvalue weighted by Gasteiger charge is 2.24. The molecule has 0 radical (unpaired) electrons. The van der Waals surface area contributed by atoms with Crippen molar-refractivity contribution in [1.82, 2.24) is 4.98 Å². The molecule has 2 unspecified atom stereocenters. The molecule has 1 saturated carbocycles. The Bertz CT molecular complexity index is 397. The van der Waals surface area contributed by atoms with Crippen molar-refractivity contribution in [3.63, 3.8) is 0 Å². The molecule has 4 heteroatoms. The molecule has 0 amide bonds. The van der Waals surface area contributed by atoms with E-state index in [1.807, 2.05) is 19.1 Å². The molecular formula is C14H21BrN2O. The Labute approximate surface area is 117 Å². The predicted octanol–water partition coefficient (Wildman–Crippen LogP) is 3.36. The van der Waals surface area contributed by atoms with Crippen molar-refractivity contribution in [3.05, 3.63) is 22.3 Å². The molecule has 1 aliphatic carbocycles. The molecule has 18 heavy (non-hydrogen) atoms. The van der Waals surface area contributed by atoms with E-state index < -0.39 is 0 Å². The largest absolute Gasteiger partial charge is 0.396 e. The summed E-state index contributed by atoms with van der Waals surface area (Å²) in [6.07, 6.45) is 4.93. The minimum atomic E-state index is 0.319. The quantitative estimate of drug-likeness (QED) is 0.896. The minimum absolute atomic E-state index is 0.319. The summed E-state index contributed by atoms with van der Waals surface area (Å²) in [5, 5.41) is 12.8. The zero-order valence-electron chi connectivity index (χ0n) is 10.8. The van der Waals surface area contributed by atoms with E-state index in [9.17, 15) is 5.11 Å². The van der Waals surface area contributed by atoms with Crippen LogP contribution < -0.4 is 5.32 Å². The third kappa shape index (κ3) is 3.45. The summed E-state index contributed by atoms with van der Waals surface area (Å²) in [5.41, 5.74) is 1.00. The SMILES string of the molecule is Cc1nc(NCC2CCCCC2CO)ccc1Br. The summed E-state index contributed by atoms with van der Waals surface area (Å²) in [5.74, 6) is 1.97. The Hall–Kier alpha value is -0.610. The second kappa shape index (κ2) is 6.53. The Morgan fingerprint density at radius 2 is 2.06 bits per heavy atom. The maximum atomic E-state index is 9.39. The first-order chi connectivity index (χ1) is 8.70. The zero-order valence-corrected chi connectivity index (χ0v) is 12.4. The molecule has 0 spiro atoms. The molecule has 1 heterocycles. The molecule has 0 bridgehead atoms. The smallest absolute Gasteiger partial charge is 0.126 e. The monoisotopic (exact) mass is 312 g/mol. The van der Waals surface area contributed by atoms with Gasteiger partial charge in [-0.3, -0.25) is 0 Å². The van der Waals surface area contributed by atoms with Gasteiger partial charge in [-0.25, -0.2) is 4.98 Å². The van der Waals surface area contributed by atoms with Crippen LogP contribution in [0.15, 0.2) is 16.6 Å². The van der Waals surface area contributed by atoms with E-state index in [0.29, 0.717) is 18.4 Å². The Balaban J connectivity index is 1.91. The van der Waals surface area contributed by atoms with Crippen LogP contribution in [-0.2, 0) is 0 Å². The van der Waals surface area contributed by atoms with Crippen molar-refractivity contribution >= 4 is 21.7 Å². The predicted molar refractivity (Wildman–Crippen MR) is 77.7 cm³/mol. The molecule has 100 valence electrons. The van der Waals surface area contributed by atoms with E-state index in [0.717, 1.165) is 29.0 Å². The van der Waals surface area contributed by atoms with Crippen LogP contribution in [0.1, 0.15) is 31.4 Å². The first-order valence-corrected chi connectivity index (χ1v) is 7.48. The number of aliphatic hydroxyl groups is 1. The highest BCUT2D eigenvalue weighted by atomic mass is 79.9. The van der Waals surface area contributed by atoms with Gasteiger partial charge in [0.05, 0.1) is 5.69 Å². The van der Waals surface area contributed by atoms with E-state index in [1.54, 1.807) is 0 Å². The fourth-order valence-electron chi connectivity index (χ4n) is 2.67. The summed E-state index contributed by atoms with van der Waals surface area (Å²) in [6.45, 7) is 3.23. The molecule has 1 fully saturated rings. The van der Waals surface area contributed by atoms with Crippen LogP contribution in [0.5, 0.6) is 0 Å². The van der Waals surface area contributed by atoms with Crippen LogP contribution >= 0.6 is 15.9 Å². The number of rotatable bonds is 4. The van der Waals surface area contributed by atoms with Crippen LogP contribution in [0.2, 0.25) is 0 Å². The van der Waals surface area contributed by atoms with Gasteiger partial charge in [0, 0.05) is 17.6 Å². The van der Waals surface area contributed by atoms with Gasteiger partial charge in [0.2, 0.25) is 0 Å². The summed E-state index contributed by atoms with van der Waals surface area (Å²) in [4.78, 5) is 4.49. The molecule has 1 aliphatic rings.